The molecule has 19 heavy (non-hydrogen) atoms. The molecule has 0 heterocycles. The van der Waals surface area contributed by atoms with Gasteiger partial charge in [0.25, 0.3) is 0 Å². The van der Waals surface area contributed by atoms with E-state index in [0.717, 1.165) is 13.1 Å². The van der Waals surface area contributed by atoms with E-state index in [0.29, 0.717) is 0 Å². The van der Waals surface area contributed by atoms with Gasteiger partial charge in [0, 0.05) is 6.54 Å². The molecule has 0 fully saturated rings. The van der Waals surface area contributed by atoms with Crippen molar-refractivity contribution in [2.45, 2.75) is 66.3 Å². The number of rotatable bonds is 9. The molecule has 0 aromatic heterocycles. The number of hydrogen-bond donors (Lipinski definition) is 0. The lowest BCUT2D eigenvalue weighted by Gasteiger charge is -2.20. The second kappa shape index (κ2) is 13.6. The summed E-state index contributed by atoms with van der Waals surface area (Å²) in [7, 11) is 0. The largest absolute Gasteiger partial charge is 0.299 e. The first kappa shape index (κ1) is 18.2. The van der Waals surface area contributed by atoms with Gasteiger partial charge < -0.3 is 0 Å². The molecule has 0 aliphatic rings. The molecular weight excluding hydrogens is 230 g/mol. The van der Waals surface area contributed by atoms with Gasteiger partial charge in [-0.1, -0.05) is 83.7 Å². The van der Waals surface area contributed by atoms with Gasteiger partial charge in [0.15, 0.2) is 0 Å². The maximum Gasteiger partial charge on any atom is 0.0233 e. The Kier molecular flexibility index (Phi) is 13.0. The summed E-state index contributed by atoms with van der Waals surface area (Å²) in [4.78, 5) is 2.54. The maximum atomic E-state index is 2.54. The van der Waals surface area contributed by atoms with Crippen LogP contribution in [0.25, 0.3) is 0 Å². The molecule has 0 atom stereocenters. The van der Waals surface area contributed by atoms with Crippen molar-refractivity contribution in [2.24, 2.45) is 0 Å². The third-order valence-electron chi connectivity index (χ3n) is 3.27. The molecule has 0 aliphatic carbocycles. The van der Waals surface area contributed by atoms with Gasteiger partial charge in [0.05, 0.1) is 0 Å². The van der Waals surface area contributed by atoms with Crippen molar-refractivity contribution in [2.75, 3.05) is 13.1 Å². The number of nitrogens with zero attached hydrogens (tertiary/aromatic N) is 1. The molecule has 0 amide bonds. The van der Waals surface area contributed by atoms with Crippen molar-refractivity contribution < 1.29 is 0 Å². The zero-order chi connectivity index (χ0) is 14.3. The van der Waals surface area contributed by atoms with E-state index < -0.39 is 0 Å². The Labute approximate surface area is 121 Å². The third-order valence-corrected chi connectivity index (χ3v) is 3.27. The van der Waals surface area contributed by atoms with Crippen LogP contribution >= 0.6 is 0 Å². The van der Waals surface area contributed by atoms with Crippen LogP contribution in [-0.4, -0.2) is 18.0 Å². The fourth-order valence-electron chi connectivity index (χ4n) is 2.13. The molecule has 1 aromatic carbocycles. The topological polar surface area (TPSA) is 3.24 Å². The summed E-state index contributed by atoms with van der Waals surface area (Å²) in [6.07, 6.45) is 6.87. The van der Waals surface area contributed by atoms with E-state index >= 15 is 0 Å². The average Bonchev–Trinajstić information content (AvgIpc) is 2.49. The van der Waals surface area contributed by atoms with Crippen LogP contribution in [0.15, 0.2) is 30.3 Å². The summed E-state index contributed by atoms with van der Waals surface area (Å²) in [5, 5.41) is 0. The zero-order valence-corrected chi connectivity index (χ0v) is 13.5. The summed E-state index contributed by atoms with van der Waals surface area (Å²) in [5.41, 5.74) is 1.43. The summed E-state index contributed by atoms with van der Waals surface area (Å²) in [6, 6.07) is 10.8. The quantitative estimate of drug-likeness (QED) is 0.531. The fraction of sp³-hybridized carbons (Fsp3) is 0.667. The molecule has 1 heteroatoms. The van der Waals surface area contributed by atoms with Gasteiger partial charge >= 0.3 is 0 Å². The minimum Gasteiger partial charge on any atom is -0.299 e. The van der Waals surface area contributed by atoms with Crippen molar-refractivity contribution in [3.8, 4) is 0 Å². The van der Waals surface area contributed by atoms with Crippen LogP contribution < -0.4 is 0 Å². The Morgan fingerprint density at radius 2 is 1.47 bits per heavy atom. The lowest BCUT2D eigenvalue weighted by Crippen LogP contribution is -2.23. The van der Waals surface area contributed by atoms with E-state index in [1.807, 2.05) is 13.8 Å². The third kappa shape index (κ3) is 9.72. The fourth-order valence-corrected chi connectivity index (χ4v) is 2.13. The molecule has 1 aromatic rings. The second-order valence-corrected chi connectivity index (χ2v) is 4.77. The lowest BCUT2D eigenvalue weighted by molar-refractivity contribution is 0.272. The summed E-state index contributed by atoms with van der Waals surface area (Å²) >= 11 is 0. The molecule has 0 bridgehead atoms. The van der Waals surface area contributed by atoms with Crippen LogP contribution in [0, 0.1) is 0 Å². The highest BCUT2D eigenvalue weighted by Gasteiger charge is 2.02. The van der Waals surface area contributed by atoms with E-state index in [9.17, 15) is 0 Å². The Bertz CT molecular complexity index is 268. The maximum absolute atomic E-state index is 2.54. The van der Waals surface area contributed by atoms with Gasteiger partial charge in [-0.15, -0.1) is 0 Å². The zero-order valence-electron chi connectivity index (χ0n) is 13.5. The van der Waals surface area contributed by atoms with Crippen molar-refractivity contribution in [1.82, 2.24) is 4.90 Å². The van der Waals surface area contributed by atoms with Crippen LogP contribution in [0.5, 0.6) is 0 Å². The highest BCUT2D eigenvalue weighted by molar-refractivity contribution is 5.14. The molecule has 0 spiro atoms. The van der Waals surface area contributed by atoms with Gasteiger partial charge in [-0.05, 0) is 25.1 Å². The molecule has 1 nitrogen and oxygen atoms in total. The second-order valence-electron chi connectivity index (χ2n) is 4.77. The number of unbranched alkanes of at least 4 members (excludes halogenated alkanes) is 4. The summed E-state index contributed by atoms with van der Waals surface area (Å²) in [6.45, 7) is 12.0. The first-order valence-corrected chi connectivity index (χ1v) is 8.13. The van der Waals surface area contributed by atoms with Crippen molar-refractivity contribution in [1.29, 1.82) is 0 Å². The minimum atomic E-state index is 1.10. The molecule has 0 N–H and O–H groups in total. The van der Waals surface area contributed by atoms with E-state index in [4.69, 9.17) is 0 Å². The Morgan fingerprint density at radius 3 is 2.05 bits per heavy atom. The molecule has 0 aliphatic heterocycles. The van der Waals surface area contributed by atoms with Gasteiger partial charge in [0.2, 0.25) is 0 Å². The first-order chi connectivity index (χ1) is 9.36. The predicted molar refractivity (Wildman–Crippen MR) is 87.5 cm³/mol. The Morgan fingerprint density at radius 1 is 0.842 bits per heavy atom. The highest BCUT2D eigenvalue weighted by Crippen LogP contribution is 2.07. The van der Waals surface area contributed by atoms with Gasteiger partial charge in [-0.25, -0.2) is 0 Å². The number of benzene rings is 1. The molecule has 110 valence electrons. The smallest absolute Gasteiger partial charge is 0.0233 e. The van der Waals surface area contributed by atoms with Crippen LogP contribution in [0.3, 0.4) is 0 Å². The van der Waals surface area contributed by atoms with Crippen LogP contribution in [-0.2, 0) is 6.54 Å². The normalized spacial score (nSPS) is 10.2. The van der Waals surface area contributed by atoms with E-state index in [1.165, 1.54) is 44.2 Å². The predicted octanol–water partition coefficient (Wildman–Crippen LogP) is 5.51. The first-order valence-electron chi connectivity index (χ1n) is 8.13. The average molecular weight is 263 g/mol. The van der Waals surface area contributed by atoms with Crippen molar-refractivity contribution in [3.63, 3.8) is 0 Å². The van der Waals surface area contributed by atoms with Crippen molar-refractivity contribution in [3.05, 3.63) is 35.9 Å². The minimum absolute atomic E-state index is 1.10. The van der Waals surface area contributed by atoms with Gasteiger partial charge in [-0.3, -0.25) is 4.90 Å². The monoisotopic (exact) mass is 263 g/mol. The van der Waals surface area contributed by atoms with Gasteiger partial charge in [-0.2, -0.15) is 0 Å². The summed E-state index contributed by atoms with van der Waals surface area (Å²) in [5.74, 6) is 0. The lowest BCUT2D eigenvalue weighted by atomic mass is 10.1. The standard InChI is InChI=1S/C16H27N.C2H6/c1-3-5-6-7-11-14-17(4-2)15-16-12-9-8-10-13-16;1-2/h8-10,12-13H,3-7,11,14-15H2,1-2H3;1-2H3. The number of hydrogen-bond acceptors (Lipinski definition) is 1. The van der Waals surface area contributed by atoms with E-state index in [-0.39, 0.29) is 0 Å². The van der Waals surface area contributed by atoms with Crippen LogP contribution in [0.4, 0.5) is 0 Å². The Hall–Kier alpha value is -0.820. The molecule has 0 unspecified atom stereocenters. The summed E-state index contributed by atoms with van der Waals surface area (Å²) < 4.78 is 0. The Balaban J connectivity index is 0.00000154. The molecular formula is C18H33N. The highest BCUT2D eigenvalue weighted by atomic mass is 15.1. The molecule has 1 rings (SSSR count). The molecule has 0 radical (unpaired) electrons. The van der Waals surface area contributed by atoms with Crippen LogP contribution in [0.1, 0.15) is 65.4 Å². The van der Waals surface area contributed by atoms with E-state index in [1.54, 1.807) is 0 Å². The molecule has 0 saturated carbocycles. The molecule has 0 saturated heterocycles. The van der Waals surface area contributed by atoms with Crippen LogP contribution in [0.2, 0.25) is 0 Å². The van der Waals surface area contributed by atoms with Crippen molar-refractivity contribution >= 4 is 0 Å². The SMILES string of the molecule is CC.CCCCCCCN(CC)Cc1ccccc1. The van der Waals surface area contributed by atoms with Gasteiger partial charge in [0.1, 0.15) is 0 Å². The van der Waals surface area contributed by atoms with E-state index in [2.05, 4.69) is 49.1 Å².